The van der Waals surface area contributed by atoms with Gasteiger partial charge in [0.1, 0.15) is 11.5 Å². The molecule has 1 N–H and O–H groups in total. The Hall–Kier alpha value is -3.59. The average molecular weight is 436 g/mol. The van der Waals surface area contributed by atoms with Crippen LogP contribution in [0.4, 0.5) is 5.69 Å². The van der Waals surface area contributed by atoms with Gasteiger partial charge in [-0.15, -0.1) is 10.2 Å². The number of hydrogen-bond donors (Lipinski definition) is 1. The molecule has 8 nitrogen and oxygen atoms in total. The van der Waals surface area contributed by atoms with Crippen LogP contribution in [0, 0.1) is 6.92 Å². The van der Waals surface area contributed by atoms with E-state index in [-0.39, 0.29) is 11.7 Å². The fourth-order valence-electron chi connectivity index (χ4n) is 3.04. The van der Waals surface area contributed by atoms with E-state index in [1.165, 1.54) is 11.8 Å². The number of amides is 1. The second-order valence-corrected chi connectivity index (χ2v) is 7.70. The van der Waals surface area contributed by atoms with Gasteiger partial charge in [-0.1, -0.05) is 17.8 Å². The Balaban J connectivity index is 1.52. The lowest BCUT2D eigenvalue weighted by Crippen LogP contribution is -2.15. The molecule has 9 heteroatoms. The number of rotatable bonds is 8. The smallest absolute Gasteiger partial charge is 0.234 e. The third kappa shape index (κ3) is 4.95. The van der Waals surface area contributed by atoms with E-state index >= 15 is 0 Å². The molecule has 158 valence electrons. The van der Waals surface area contributed by atoms with E-state index in [4.69, 9.17) is 9.15 Å². The lowest BCUT2D eigenvalue weighted by atomic mass is 10.2. The number of carbonyl (C=O) groups excluding carboxylic acids is 1. The molecule has 0 fully saturated rings. The highest BCUT2D eigenvalue weighted by Gasteiger charge is 2.17. The number of methoxy groups -OCH3 is 1. The minimum Gasteiger partial charge on any atom is -0.495 e. The number of aromatic nitrogens is 4. The summed E-state index contributed by atoms with van der Waals surface area (Å²) in [6.07, 6.45) is 5.06. The molecule has 0 bridgehead atoms. The number of furan rings is 1. The van der Waals surface area contributed by atoms with E-state index in [0.29, 0.717) is 29.0 Å². The number of ether oxygens (including phenoxy) is 1. The fourth-order valence-corrected chi connectivity index (χ4v) is 3.78. The molecule has 1 amide bonds. The van der Waals surface area contributed by atoms with Crippen molar-refractivity contribution >= 4 is 23.4 Å². The molecule has 0 saturated carbocycles. The monoisotopic (exact) mass is 435 g/mol. The van der Waals surface area contributed by atoms with Gasteiger partial charge in [0.15, 0.2) is 11.0 Å². The SMILES string of the molecule is COc1ccc(C)cc1NC(=O)CSc1nnc(-c2cccnc2)n1Cc1ccco1. The van der Waals surface area contributed by atoms with Gasteiger partial charge >= 0.3 is 0 Å². The van der Waals surface area contributed by atoms with Crippen LogP contribution in [0.25, 0.3) is 11.4 Å². The Morgan fingerprint density at radius 1 is 1.23 bits per heavy atom. The standard InChI is InChI=1S/C22H21N5O3S/c1-15-7-8-19(29-2)18(11-15)24-20(28)14-31-22-26-25-21(16-5-3-9-23-12-16)27(22)13-17-6-4-10-30-17/h3-12H,13-14H2,1-2H3,(H,24,28). The normalized spacial score (nSPS) is 10.8. The molecule has 3 aromatic heterocycles. The molecule has 0 atom stereocenters. The summed E-state index contributed by atoms with van der Waals surface area (Å²) in [6, 6.07) is 13.1. The maximum atomic E-state index is 12.6. The minimum absolute atomic E-state index is 0.163. The topological polar surface area (TPSA) is 95.1 Å². The van der Waals surface area contributed by atoms with Gasteiger partial charge in [0.25, 0.3) is 0 Å². The molecule has 0 aliphatic heterocycles. The van der Waals surface area contributed by atoms with Crippen LogP contribution in [-0.2, 0) is 11.3 Å². The largest absolute Gasteiger partial charge is 0.495 e. The summed E-state index contributed by atoms with van der Waals surface area (Å²) < 4.78 is 12.7. The third-order valence-electron chi connectivity index (χ3n) is 4.49. The number of thioether (sulfide) groups is 1. The van der Waals surface area contributed by atoms with Crippen LogP contribution < -0.4 is 10.1 Å². The van der Waals surface area contributed by atoms with Gasteiger partial charge in [-0.3, -0.25) is 14.3 Å². The molecule has 0 radical (unpaired) electrons. The first-order valence-electron chi connectivity index (χ1n) is 9.57. The second-order valence-electron chi connectivity index (χ2n) is 6.75. The van der Waals surface area contributed by atoms with Gasteiger partial charge in [-0.25, -0.2) is 0 Å². The number of nitrogens with one attached hydrogen (secondary N) is 1. The summed E-state index contributed by atoms with van der Waals surface area (Å²) in [5.41, 5.74) is 2.51. The Bertz CT molecular complexity index is 1160. The molecule has 1 aromatic carbocycles. The number of nitrogens with zero attached hydrogens (tertiary/aromatic N) is 4. The molecule has 4 aromatic rings. The Kier molecular flexibility index (Phi) is 6.32. The van der Waals surface area contributed by atoms with Gasteiger partial charge in [-0.05, 0) is 48.9 Å². The van der Waals surface area contributed by atoms with Crippen molar-refractivity contribution in [2.45, 2.75) is 18.6 Å². The number of anilines is 1. The molecule has 31 heavy (non-hydrogen) atoms. The number of pyridine rings is 1. The van der Waals surface area contributed by atoms with Gasteiger partial charge in [0, 0.05) is 18.0 Å². The first-order valence-corrected chi connectivity index (χ1v) is 10.6. The van der Waals surface area contributed by atoms with Crippen LogP contribution in [0.5, 0.6) is 5.75 Å². The zero-order chi connectivity index (χ0) is 21.6. The zero-order valence-electron chi connectivity index (χ0n) is 17.1. The summed E-state index contributed by atoms with van der Waals surface area (Å²) in [5.74, 6) is 2.04. The van der Waals surface area contributed by atoms with Crippen LogP contribution in [0.15, 0.2) is 70.7 Å². The van der Waals surface area contributed by atoms with Crippen molar-refractivity contribution < 1.29 is 13.9 Å². The molecule has 0 aliphatic carbocycles. The fraction of sp³-hybridized carbons (Fsp3) is 0.182. The molecule has 0 aliphatic rings. The van der Waals surface area contributed by atoms with E-state index in [1.807, 2.05) is 54.0 Å². The molecule has 0 saturated heterocycles. The van der Waals surface area contributed by atoms with Crippen molar-refractivity contribution in [2.24, 2.45) is 0 Å². The average Bonchev–Trinajstić information content (AvgIpc) is 3.43. The van der Waals surface area contributed by atoms with Crippen LogP contribution in [0.3, 0.4) is 0 Å². The quantitative estimate of drug-likeness (QED) is 0.418. The van der Waals surface area contributed by atoms with Crippen molar-refractivity contribution in [3.05, 3.63) is 72.4 Å². The molecule has 3 heterocycles. The van der Waals surface area contributed by atoms with Crippen molar-refractivity contribution in [2.75, 3.05) is 18.2 Å². The number of carbonyl (C=O) groups is 1. The van der Waals surface area contributed by atoms with Crippen LogP contribution in [-0.4, -0.2) is 38.5 Å². The zero-order valence-corrected chi connectivity index (χ0v) is 17.9. The van der Waals surface area contributed by atoms with E-state index in [1.54, 1.807) is 25.8 Å². The lowest BCUT2D eigenvalue weighted by molar-refractivity contribution is -0.113. The molecule has 0 unspecified atom stereocenters. The van der Waals surface area contributed by atoms with Gasteiger partial charge in [-0.2, -0.15) is 0 Å². The highest BCUT2D eigenvalue weighted by Crippen LogP contribution is 2.27. The van der Waals surface area contributed by atoms with Crippen molar-refractivity contribution in [1.82, 2.24) is 19.7 Å². The van der Waals surface area contributed by atoms with Crippen LogP contribution in [0.1, 0.15) is 11.3 Å². The maximum Gasteiger partial charge on any atom is 0.234 e. The first-order chi connectivity index (χ1) is 15.1. The Labute approximate surface area is 183 Å². The third-order valence-corrected chi connectivity index (χ3v) is 5.46. The highest BCUT2D eigenvalue weighted by molar-refractivity contribution is 7.99. The van der Waals surface area contributed by atoms with E-state index < -0.39 is 0 Å². The molecular weight excluding hydrogens is 414 g/mol. The van der Waals surface area contributed by atoms with Crippen LogP contribution >= 0.6 is 11.8 Å². The van der Waals surface area contributed by atoms with Crippen molar-refractivity contribution in [1.29, 1.82) is 0 Å². The van der Waals surface area contributed by atoms with E-state index in [2.05, 4.69) is 20.5 Å². The molecular formula is C22H21N5O3S. The second kappa shape index (κ2) is 9.48. The van der Waals surface area contributed by atoms with Gasteiger partial charge in [0.05, 0.1) is 31.4 Å². The van der Waals surface area contributed by atoms with Gasteiger partial charge < -0.3 is 14.5 Å². The lowest BCUT2D eigenvalue weighted by Gasteiger charge is -2.11. The predicted molar refractivity (Wildman–Crippen MR) is 118 cm³/mol. The summed E-state index contributed by atoms with van der Waals surface area (Å²) >= 11 is 1.30. The number of hydrogen-bond acceptors (Lipinski definition) is 7. The van der Waals surface area contributed by atoms with E-state index in [0.717, 1.165) is 16.9 Å². The summed E-state index contributed by atoms with van der Waals surface area (Å²) in [5, 5.41) is 12.1. The molecule has 4 rings (SSSR count). The summed E-state index contributed by atoms with van der Waals surface area (Å²) in [4.78, 5) is 16.8. The Morgan fingerprint density at radius 2 is 2.13 bits per heavy atom. The highest BCUT2D eigenvalue weighted by atomic mass is 32.2. The first kappa shape index (κ1) is 20.7. The molecule has 0 spiro atoms. The number of aryl methyl sites for hydroxylation is 1. The maximum absolute atomic E-state index is 12.6. The van der Waals surface area contributed by atoms with Gasteiger partial charge in [0.2, 0.25) is 5.91 Å². The van der Waals surface area contributed by atoms with Crippen LogP contribution in [0.2, 0.25) is 0 Å². The summed E-state index contributed by atoms with van der Waals surface area (Å²) in [7, 11) is 1.58. The predicted octanol–water partition coefficient (Wildman–Crippen LogP) is 4.03. The Morgan fingerprint density at radius 3 is 2.87 bits per heavy atom. The number of benzene rings is 1. The van der Waals surface area contributed by atoms with Crippen molar-refractivity contribution in [3.8, 4) is 17.1 Å². The van der Waals surface area contributed by atoms with Crippen molar-refractivity contribution in [3.63, 3.8) is 0 Å². The minimum atomic E-state index is -0.163. The van der Waals surface area contributed by atoms with E-state index in [9.17, 15) is 4.79 Å². The summed E-state index contributed by atoms with van der Waals surface area (Å²) in [6.45, 7) is 2.40.